The van der Waals surface area contributed by atoms with Crippen molar-refractivity contribution < 1.29 is 8.60 Å². The van der Waals surface area contributed by atoms with E-state index in [-0.39, 0.29) is 11.6 Å². The van der Waals surface area contributed by atoms with Crippen molar-refractivity contribution in [1.82, 2.24) is 0 Å². The Morgan fingerprint density at radius 3 is 2.63 bits per heavy atom. The highest BCUT2D eigenvalue weighted by Crippen LogP contribution is 2.22. The van der Waals surface area contributed by atoms with E-state index in [2.05, 4.69) is 0 Å². The summed E-state index contributed by atoms with van der Waals surface area (Å²) in [6.07, 6.45) is 0. The van der Waals surface area contributed by atoms with Crippen LogP contribution in [0.4, 0.5) is 4.39 Å². The Labute approximate surface area is 118 Å². The summed E-state index contributed by atoms with van der Waals surface area (Å²) < 4.78 is 25.9. The monoisotopic (exact) mass is 297 g/mol. The van der Waals surface area contributed by atoms with Crippen molar-refractivity contribution in [2.24, 2.45) is 5.73 Å². The maximum Gasteiger partial charge on any atom is 0.127 e. The molecule has 2 aromatic rings. The van der Waals surface area contributed by atoms with Gasteiger partial charge in [-0.15, -0.1) is 0 Å². The molecule has 0 saturated heterocycles. The summed E-state index contributed by atoms with van der Waals surface area (Å²) in [6.45, 7) is 0.325. The van der Waals surface area contributed by atoms with Gasteiger partial charge >= 0.3 is 0 Å². The van der Waals surface area contributed by atoms with Crippen LogP contribution in [0.2, 0.25) is 5.02 Å². The van der Waals surface area contributed by atoms with Gasteiger partial charge in [0.1, 0.15) is 5.82 Å². The third-order valence-corrected chi connectivity index (χ3v) is 4.58. The molecule has 2 N–H and O–H groups in total. The average molecular weight is 298 g/mol. The third kappa shape index (κ3) is 3.41. The second kappa shape index (κ2) is 6.28. The Morgan fingerprint density at radius 2 is 1.95 bits per heavy atom. The van der Waals surface area contributed by atoms with E-state index >= 15 is 0 Å². The van der Waals surface area contributed by atoms with Crippen LogP contribution >= 0.6 is 11.6 Å². The fourth-order valence-electron chi connectivity index (χ4n) is 1.71. The molecule has 0 bridgehead atoms. The number of nitrogens with two attached hydrogens (primary N) is 1. The van der Waals surface area contributed by atoms with Crippen LogP contribution in [0.15, 0.2) is 47.4 Å². The Balaban J connectivity index is 2.26. The van der Waals surface area contributed by atoms with E-state index in [9.17, 15) is 8.60 Å². The minimum Gasteiger partial charge on any atom is -0.326 e. The minimum absolute atomic E-state index is 0.0867. The Kier molecular flexibility index (Phi) is 4.69. The SMILES string of the molecule is NCc1ccc(F)c(CS(=O)c2ccccc2Cl)c1. The lowest BCUT2D eigenvalue weighted by Crippen LogP contribution is -2.03. The molecule has 0 aliphatic heterocycles. The van der Waals surface area contributed by atoms with Gasteiger partial charge < -0.3 is 5.73 Å². The van der Waals surface area contributed by atoms with Gasteiger partial charge in [-0.1, -0.05) is 35.9 Å². The van der Waals surface area contributed by atoms with E-state index in [1.165, 1.54) is 6.07 Å². The molecule has 0 aliphatic rings. The molecule has 0 fully saturated rings. The molecule has 2 rings (SSSR count). The molecule has 5 heteroatoms. The molecule has 0 radical (unpaired) electrons. The second-order valence-electron chi connectivity index (χ2n) is 4.05. The van der Waals surface area contributed by atoms with E-state index in [0.717, 1.165) is 5.56 Å². The molecule has 1 unspecified atom stereocenters. The number of rotatable bonds is 4. The van der Waals surface area contributed by atoms with Gasteiger partial charge in [-0.25, -0.2) is 4.39 Å². The molecule has 0 saturated carbocycles. The van der Waals surface area contributed by atoms with E-state index in [1.54, 1.807) is 36.4 Å². The molecule has 0 spiro atoms. The van der Waals surface area contributed by atoms with E-state index < -0.39 is 10.8 Å². The zero-order valence-electron chi connectivity index (χ0n) is 10.1. The zero-order chi connectivity index (χ0) is 13.8. The molecular formula is C14H13ClFNOS. The van der Waals surface area contributed by atoms with Gasteiger partial charge in [-0.3, -0.25) is 4.21 Å². The predicted octanol–water partition coefficient (Wildman–Crippen LogP) is 3.25. The first-order valence-electron chi connectivity index (χ1n) is 5.72. The highest BCUT2D eigenvalue weighted by molar-refractivity contribution is 7.84. The second-order valence-corrected chi connectivity index (χ2v) is 5.88. The third-order valence-electron chi connectivity index (χ3n) is 2.71. The van der Waals surface area contributed by atoms with E-state index in [4.69, 9.17) is 17.3 Å². The average Bonchev–Trinajstić information content (AvgIpc) is 2.41. The van der Waals surface area contributed by atoms with Crippen molar-refractivity contribution in [2.75, 3.05) is 0 Å². The molecule has 0 aliphatic carbocycles. The topological polar surface area (TPSA) is 43.1 Å². The highest BCUT2D eigenvalue weighted by atomic mass is 35.5. The fourth-order valence-corrected chi connectivity index (χ4v) is 3.28. The molecular weight excluding hydrogens is 285 g/mol. The number of hydrogen-bond donors (Lipinski definition) is 1. The molecule has 2 nitrogen and oxygen atoms in total. The molecule has 0 heterocycles. The van der Waals surface area contributed by atoms with Crippen LogP contribution in [0.5, 0.6) is 0 Å². The predicted molar refractivity (Wildman–Crippen MR) is 75.9 cm³/mol. The molecule has 1 atom stereocenters. The van der Waals surface area contributed by atoms with Crippen molar-refractivity contribution in [3.63, 3.8) is 0 Å². The lowest BCUT2D eigenvalue weighted by Gasteiger charge is -2.07. The molecule has 0 amide bonds. The van der Waals surface area contributed by atoms with Gasteiger partial charge in [0.25, 0.3) is 0 Å². The highest BCUT2D eigenvalue weighted by Gasteiger charge is 2.12. The molecule has 100 valence electrons. The van der Waals surface area contributed by atoms with Crippen molar-refractivity contribution in [1.29, 1.82) is 0 Å². The molecule has 2 aromatic carbocycles. The van der Waals surface area contributed by atoms with Gasteiger partial charge in [-0.2, -0.15) is 0 Å². The van der Waals surface area contributed by atoms with Gasteiger partial charge in [0.2, 0.25) is 0 Å². The summed E-state index contributed by atoms with van der Waals surface area (Å²) in [5, 5.41) is 0.427. The van der Waals surface area contributed by atoms with Crippen LogP contribution in [0, 0.1) is 5.82 Å². The number of hydrogen-bond acceptors (Lipinski definition) is 2. The van der Waals surface area contributed by atoms with Gasteiger partial charge in [0.05, 0.1) is 26.5 Å². The normalized spacial score (nSPS) is 12.4. The zero-order valence-corrected chi connectivity index (χ0v) is 11.7. The lowest BCUT2D eigenvalue weighted by atomic mass is 10.1. The largest absolute Gasteiger partial charge is 0.326 e. The summed E-state index contributed by atoms with van der Waals surface area (Å²) in [4.78, 5) is 0.515. The first-order chi connectivity index (χ1) is 9.11. The van der Waals surface area contributed by atoms with Crippen molar-refractivity contribution >= 4 is 22.4 Å². The maximum absolute atomic E-state index is 13.7. The van der Waals surface area contributed by atoms with Crippen LogP contribution in [0.3, 0.4) is 0 Å². The minimum atomic E-state index is -1.38. The fraction of sp³-hybridized carbons (Fsp3) is 0.143. The van der Waals surface area contributed by atoms with Crippen molar-refractivity contribution in [2.45, 2.75) is 17.2 Å². The quantitative estimate of drug-likeness (QED) is 0.941. The number of halogens is 2. The van der Waals surface area contributed by atoms with Gasteiger partial charge in [0.15, 0.2) is 0 Å². The first kappa shape index (κ1) is 14.2. The molecule has 19 heavy (non-hydrogen) atoms. The van der Waals surface area contributed by atoms with E-state index in [1.807, 2.05) is 0 Å². The van der Waals surface area contributed by atoms with Gasteiger partial charge in [0, 0.05) is 12.1 Å². The lowest BCUT2D eigenvalue weighted by molar-refractivity contribution is 0.614. The van der Waals surface area contributed by atoms with Crippen LogP contribution < -0.4 is 5.73 Å². The van der Waals surface area contributed by atoms with Crippen LogP contribution in [0.1, 0.15) is 11.1 Å². The Hall–Kier alpha value is -1.23. The van der Waals surface area contributed by atoms with Crippen LogP contribution in [0.25, 0.3) is 0 Å². The Morgan fingerprint density at radius 1 is 1.21 bits per heavy atom. The standard InChI is InChI=1S/C14H13ClFNOS/c15-12-3-1-2-4-14(12)19(18)9-11-7-10(8-17)5-6-13(11)16/h1-7H,8-9,17H2. The summed E-state index contributed by atoms with van der Waals surface area (Å²) >= 11 is 5.98. The summed E-state index contributed by atoms with van der Waals surface area (Å²) in [5.74, 6) is -0.291. The smallest absolute Gasteiger partial charge is 0.127 e. The van der Waals surface area contributed by atoms with E-state index in [0.29, 0.717) is 22.0 Å². The van der Waals surface area contributed by atoms with Crippen molar-refractivity contribution in [3.8, 4) is 0 Å². The Bertz CT molecular complexity index is 618. The summed E-state index contributed by atoms with van der Waals surface area (Å²) in [6, 6.07) is 11.5. The summed E-state index contributed by atoms with van der Waals surface area (Å²) in [5.41, 5.74) is 6.72. The van der Waals surface area contributed by atoms with Crippen LogP contribution in [-0.2, 0) is 23.1 Å². The first-order valence-corrected chi connectivity index (χ1v) is 7.42. The summed E-state index contributed by atoms with van der Waals surface area (Å²) in [7, 11) is -1.38. The van der Waals surface area contributed by atoms with Gasteiger partial charge in [-0.05, 0) is 23.8 Å². The van der Waals surface area contributed by atoms with Crippen molar-refractivity contribution in [3.05, 3.63) is 64.4 Å². The maximum atomic E-state index is 13.7. The number of benzene rings is 2. The van der Waals surface area contributed by atoms with Crippen LogP contribution in [-0.4, -0.2) is 4.21 Å². The molecule has 0 aromatic heterocycles.